The van der Waals surface area contributed by atoms with Gasteiger partial charge in [0.15, 0.2) is 0 Å². The van der Waals surface area contributed by atoms with Crippen molar-refractivity contribution in [1.29, 1.82) is 0 Å². The Morgan fingerprint density at radius 3 is 1.73 bits per heavy atom. The zero-order chi connectivity index (χ0) is 10.6. The second-order valence-electron chi connectivity index (χ2n) is 2.58. The maximum atomic E-state index is 10.3. The molecule has 0 aliphatic rings. The van der Waals surface area contributed by atoms with Gasteiger partial charge in [-0.05, 0) is 6.42 Å². The van der Waals surface area contributed by atoms with Crippen LogP contribution in [0.3, 0.4) is 0 Å². The molecule has 0 aliphatic carbocycles. The van der Waals surface area contributed by atoms with Crippen LogP contribution in [0.15, 0.2) is 30.3 Å². The van der Waals surface area contributed by atoms with Crippen LogP contribution in [-0.2, 0) is 9.59 Å². The normalized spacial score (nSPS) is 7.73. The van der Waals surface area contributed by atoms with Gasteiger partial charge in [-0.2, -0.15) is 0 Å². The zero-order valence-electron chi connectivity index (χ0n) is 8.89. The van der Waals surface area contributed by atoms with Gasteiger partial charge >= 0.3 is 29.6 Å². The molecule has 0 N–H and O–H groups in total. The molecule has 0 aromatic heterocycles. The van der Waals surface area contributed by atoms with Gasteiger partial charge in [0, 0.05) is 12.8 Å². The summed E-state index contributed by atoms with van der Waals surface area (Å²) in [6.07, 6.45) is 3.37. The maximum absolute atomic E-state index is 10.3. The van der Waals surface area contributed by atoms with Crippen LogP contribution in [0.25, 0.3) is 0 Å². The number of hydrogen-bond donors (Lipinski definition) is 0. The molecule has 1 aromatic carbocycles. The summed E-state index contributed by atoms with van der Waals surface area (Å²) in [5.74, 6) is 0.0718. The fourth-order valence-corrected chi connectivity index (χ4v) is 0.705. The first-order chi connectivity index (χ1) is 6.81. The van der Waals surface area contributed by atoms with Gasteiger partial charge in [0.1, 0.15) is 12.6 Å². The zero-order valence-corrected chi connectivity index (χ0v) is 10.9. The van der Waals surface area contributed by atoms with Crippen molar-refractivity contribution in [2.75, 3.05) is 0 Å². The largest absolute Gasteiger partial charge is 1.00 e. The number of hydrogen-bond acceptors (Lipinski definition) is 3. The molecule has 0 aliphatic heterocycles. The standard InChI is InChI=1S/C6H6O.C5H8O2.Na/c7-6-4-2-1-3-5-6;6-4-2-1-3-5-7;/h1-5,7H;4-5H,1-3H2;/q;;+1/p-1. The van der Waals surface area contributed by atoms with E-state index in [9.17, 15) is 14.7 Å². The predicted molar refractivity (Wildman–Crippen MR) is 51.9 cm³/mol. The predicted octanol–water partition coefficient (Wildman–Crippen LogP) is -1.68. The average Bonchev–Trinajstić information content (AvgIpc) is 2.21. The number of rotatable bonds is 4. The Balaban J connectivity index is 0. The minimum atomic E-state index is 0. The minimum absolute atomic E-state index is 0. The Kier molecular flexibility index (Phi) is 14.9. The van der Waals surface area contributed by atoms with Gasteiger partial charge in [-0.1, -0.05) is 30.3 Å². The van der Waals surface area contributed by atoms with Gasteiger partial charge in [0.05, 0.1) is 0 Å². The quantitative estimate of drug-likeness (QED) is 0.343. The fourth-order valence-electron chi connectivity index (χ4n) is 0.705. The number of carbonyl (C=O) groups is 2. The molecule has 0 atom stereocenters. The van der Waals surface area contributed by atoms with E-state index < -0.39 is 0 Å². The van der Waals surface area contributed by atoms with Crippen molar-refractivity contribution in [3.8, 4) is 5.75 Å². The summed E-state index contributed by atoms with van der Waals surface area (Å²) in [4.78, 5) is 19.1. The van der Waals surface area contributed by atoms with Gasteiger partial charge in [-0.15, -0.1) is 5.75 Å². The Bertz CT molecular complexity index is 241. The summed E-state index contributed by atoms with van der Waals surface area (Å²) in [5, 5.41) is 10.3. The van der Waals surface area contributed by atoms with Crippen LogP contribution in [0.5, 0.6) is 5.75 Å². The Morgan fingerprint density at radius 2 is 1.47 bits per heavy atom. The Morgan fingerprint density at radius 1 is 1.00 bits per heavy atom. The van der Waals surface area contributed by atoms with Gasteiger partial charge < -0.3 is 14.7 Å². The average molecular weight is 216 g/mol. The van der Waals surface area contributed by atoms with E-state index in [0.717, 1.165) is 12.6 Å². The van der Waals surface area contributed by atoms with Crippen LogP contribution in [-0.4, -0.2) is 12.6 Å². The van der Waals surface area contributed by atoms with Crippen molar-refractivity contribution in [3.05, 3.63) is 30.3 Å². The first-order valence-electron chi connectivity index (χ1n) is 4.40. The molecule has 76 valence electrons. The third-order valence-corrected chi connectivity index (χ3v) is 1.39. The van der Waals surface area contributed by atoms with Crippen molar-refractivity contribution >= 4 is 12.6 Å². The van der Waals surface area contributed by atoms with Gasteiger partial charge in [0.25, 0.3) is 0 Å². The molecule has 3 nitrogen and oxygen atoms in total. The molecule has 4 heteroatoms. The SMILES string of the molecule is O=CCCCC=O.[Na+].[O-]c1ccccc1. The van der Waals surface area contributed by atoms with Crippen LogP contribution in [0, 0.1) is 0 Å². The van der Waals surface area contributed by atoms with Crippen LogP contribution >= 0.6 is 0 Å². The molecule has 0 unspecified atom stereocenters. The summed E-state index contributed by atoms with van der Waals surface area (Å²) >= 11 is 0. The summed E-state index contributed by atoms with van der Waals surface area (Å²) in [7, 11) is 0. The third kappa shape index (κ3) is 13.4. The molecule has 0 radical (unpaired) electrons. The van der Waals surface area contributed by atoms with Crippen LogP contribution in [0.2, 0.25) is 0 Å². The Labute approximate surface area is 112 Å². The number of para-hydroxylation sites is 1. The Hall–Kier alpha value is -0.640. The van der Waals surface area contributed by atoms with E-state index in [-0.39, 0.29) is 35.3 Å². The van der Waals surface area contributed by atoms with Gasteiger partial charge in [-0.3, -0.25) is 0 Å². The van der Waals surface area contributed by atoms with E-state index in [0.29, 0.717) is 19.3 Å². The van der Waals surface area contributed by atoms with Crippen LogP contribution < -0.4 is 34.7 Å². The number of benzene rings is 1. The number of carbonyl (C=O) groups excluding carboxylic acids is 2. The third-order valence-electron chi connectivity index (χ3n) is 1.39. The molecule has 0 bridgehead atoms. The van der Waals surface area contributed by atoms with E-state index in [2.05, 4.69) is 0 Å². The number of unbranched alkanes of at least 4 members (excludes halogenated alkanes) is 2. The van der Waals surface area contributed by atoms with Crippen LogP contribution in [0.4, 0.5) is 0 Å². The maximum Gasteiger partial charge on any atom is 1.00 e. The van der Waals surface area contributed by atoms with E-state index in [1.54, 1.807) is 12.1 Å². The number of aldehydes is 2. The topological polar surface area (TPSA) is 57.2 Å². The van der Waals surface area contributed by atoms with E-state index in [4.69, 9.17) is 0 Å². The summed E-state index contributed by atoms with van der Waals surface area (Å²) in [5.41, 5.74) is 0. The molecule has 0 spiro atoms. The molecule has 0 fully saturated rings. The second-order valence-corrected chi connectivity index (χ2v) is 2.58. The van der Waals surface area contributed by atoms with Gasteiger partial charge in [0.2, 0.25) is 0 Å². The molecule has 0 heterocycles. The fraction of sp³-hybridized carbons (Fsp3) is 0.273. The molecule has 1 aromatic rings. The van der Waals surface area contributed by atoms with Crippen molar-refractivity contribution in [3.63, 3.8) is 0 Å². The molecule has 0 saturated carbocycles. The first kappa shape index (κ1) is 16.8. The van der Waals surface area contributed by atoms with E-state index in [1.807, 2.05) is 6.07 Å². The summed E-state index contributed by atoms with van der Waals surface area (Å²) in [6, 6.07) is 8.33. The smallest absolute Gasteiger partial charge is 0.872 e. The molecule has 15 heavy (non-hydrogen) atoms. The van der Waals surface area contributed by atoms with Crippen molar-refractivity contribution in [2.45, 2.75) is 19.3 Å². The second kappa shape index (κ2) is 13.4. The molecular weight excluding hydrogens is 203 g/mol. The summed E-state index contributed by atoms with van der Waals surface area (Å²) in [6.45, 7) is 0. The van der Waals surface area contributed by atoms with Gasteiger partial charge in [-0.25, -0.2) is 0 Å². The minimum Gasteiger partial charge on any atom is -0.872 e. The molecule has 1 rings (SSSR count). The van der Waals surface area contributed by atoms with Crippen molar-refractivity contribution < 1.29 is 44.3 Å². The van der Waals surface area contributed by atoms with E-state index in [1.165, 1.54) is 12.1 Å². The van der Waals surface area contributed by atoms with Crippen molar-refractivity contribution in [2.24, 2.45) is 0 Å². The van der Waals surface area contributed by atoms with Crippen LogP contribution in [0.1, 0.15) is 19.3 Å². The molecule has 0 amide bonds. The molecule has 0 saturated heterocycles. The monoisotopic (exact) mass is 216 g/mol. The van der Waals surface area contributed by atoms with Crippen molar-refractivity contribution in [1.82, 2.24) is 0 Å². The molecular formula is C11H13NaO3. The first-order valence-corrected chi connectivity index (χ1v) is 4.40. The van der Waals surface area contributed by atoms with E-state index >= 15 is 0 Å². The summed E-state index contributed by atoms with van der Waals surface area (Å²) < 4.78 is 0.